The van der Waals surface area contributed by atoms with E-state index in [2.05, 4.69) is 43.4 Å². The highest BCUT2D eigenvalue weighted by atomic mass is 32.2. The van der Waals surface area contributed by atoms with E-state index in [9.17, 15) is 0 Å². The molecule has 96 valence electrons. The largest absolute Gasteiger partial charge is 0.468 e. The molecule has 0 amide bonds. The molecule has 0 spiro atoms. The second-order valence-corrected chi connectivity index (χ2v) is 5.44. The summed E-state index contributed by atoms with van der Waals surface area (Å²) in [6, 6.07) is 12.7. The zero-order valence-corrected chi connectivity index (χ0v) is 11.7. The van der Waals surface area contributed by atoms with Crippen LogP contribution in [0.5, 0.6) is 0 Å². The predicted octanol–water partition coefficient (Wildman–Crippen LogP) is 4.03. The van der Waals surface area contributed by atoms with Crippen LogP contribution in [-0.2, 0) is 0 Å². The van der Waals surface area contributed by atoms with Gasteiger partial charge in [0.1, 0.15) is 5.76 Å². The molecule has 2 rings (SSSR count). The predicted molar refractivity (Wildman–Crippen MR) is 77.0 cm³/mol. The van der Waals surface area contributed by atoms with Gasteiger partial charge in [-0.2, -0.15) is 0 Å². The Kier molecular flexibility index (Phi) is 4.90. The number of thioether (sulfide) groups is 1. The maximum absolute atomic E-state index is 5.36. The molecule has 1 N–H and O–H groups in total. The number of benzene rings is 1. The van der Waals surface area contributed by atoms with E-state index in [1.165, 1.54) is 10.5 Å². The van der Waals surface area contributed by atoms with Crippen molar-refractivity contribution in [2.75, 3.05) is 12.3 Å². The van der Waals surface area contributed by atoms with Crippen molar-refractivity contribution in [2.24, 2.45) is 0 Å². The van der Waals surface area contributed by atoms with Crippen LogP contribution < -0.4 is 5.32 Å². The van der Waals surface area contributed by atoms with Gasteiger partial charge in [-0.3, -0.25) is 0 Å². The summed E-state index contributed by atoms with van der Waals surface area (Å²) >= 11 is 1.89. The quantitative estimate of drug-likeness (QED) is 0.628. The zero-order chi connectivity index (χ0) is 12.8. The van der Waals surface area contributed by atoms with Gasteiger partial charge in [0.25, 0.3) is 0 Å². The first kappa shape index (κ1) is 13.2. The highest BCUT2D eigenvalue weighted by Gasteiger charge is 2.06. The fourth-order valence-electron chi connectivity index (χ4n) is 1.79. The Morgan fingerprint density at radius 3 is 2.78 bits per heavy atom. The molecule has 0 aliphatic carbocycles. The summed E-state index contributed by atoms with van der Waals surface area (Å²) in [4.78, 5) is 1.37. The SMILES string of the molecule is Cc1ccccc1SCCNC(C)c1ccco1. The average Bonchev–Trinajstić information content (AvgIpc) is 2.90. The van der Waals surface area contributed by atoms with Gasteiger partial charge in [0.15, 0.2) is 0 Å². The van der Waals surface area contributed by atoms with E-state index >= 15 is 0 Å². The number of nitrogens with one attached hydrogen (secondary N) is 1. The van der Waals surface area contributed by atoms with E-state index in [1.54, 1.807) is 6.26 Å². The first-order valence-corrected chi connectivity index (χ1v) is 7.21. The summed E-state index contributed by atoms with van der Waals surface area (Å²) in [5.41, 5.74) is 1.35. The van der Waals surface area contributed by atoms with Crippen molar-refractivity contribution in [3.63, 3.8) is 0 Å². The first-order chi connectivity index (χ1) is 8.77. The van der Waals surface area contributed by atoms with Crippen molar-refractivity contribution in [2.45, 2.75) is 24.8 Å². The number of rotatable bonds is 6. The molecule has 0 bridgehead atoms. The lowest BCUT2D eigenvalue weighted by molar-refractivity contribution is 0.438. The highest BCUT2D eigenvalue weighted by molar-refractivity contribution is 7.99. The van der Waals surface area contributed by atoms with Crippen molar-refractivity contribution in [1.29, 1.82) is 0 Å². The molecular weight excluding hydrogens is 242 g/mol. The van der Waals surface area contributed by atoms with Crippen LogP contribution in [-0.4, -0.2) is 12.3 Å². The second-order valence-electron chi connectivity index (χ2n) is 4.31. The van der Waals surface area contributed by atoms with E-state index in [0.29, 0.717) is 0 Å². The van der Waals surface area contributed by atoms with Gasteiger partial charge < -0.3 is 9.73 Å². The average molecular weight is 261 g/mol. The Morgan fingerprint density at radius 2 is 2.06 bits per heavy atom. The number of hydrogen-bond acceptors (Lipinski definition) is 3. The summed E-state index contributed by atoms with van der Waals surface area (Å²) in [6.45, 7) is 5.25. The molecule has 1 aromatic heterocycles. The van der Waals surface area contributed by atoms with Crippen molar-refractivity contribution < 1.29 is 4.42 Å². The molecule has 0 saturated heterocycles. The Hall–Kier alpha value is -1.19. The molecular formula is C15H19NOS. The summed E-state index contributed by atoms with van der Waals surface area (Å²) < 4.78 is 5.36. The number of aryl methyl sites for hydroxylation is 1. The summed E-state index contributed by atoms with van der Waals surface area (Å²) in [5.74, 6) is 2.06. The molecule has 0 fully saturated rings. The first-order valence-electron chi connectivity index (χ1n) is 6.22. The van der Waals surface area contributed by atoms with Gasteiger partial charge in [-0.1, -0.05) is 18.2 Å². The lowest BCUT2D eigenvalue weighted by Crippen LogP contribution is -2.20. The lowest BCUT2D eigenvalue weighted by atomic mass is 10.2. The topological polar surface area (TPSA) is 25.2 Å². The Bertz CT molecular complexity index is 467. The third-order valence-electron chi connectivity index (χ3n) is 2.87. The van der Waals surface area contributed by atoms with Gasteiger partial charge in [-0.05, 0) is 37.6 Å². The van der Waals surface area contributed by atoms with Gasteiger partial charge in [0.2, 0.25) is 0 Å². The molecule has 2 aromatic rings. The minimum atomic E-state index is 0.275. The van der Waals surface area contributed by atoms with Crippen molar-refractivity contribution >= 4 is 11.8 Å². The van der Waals surface area contributed by atoms with Crippen LogP contribution in [0.15, 0.2) is 52.0 Å². The van der Waals surface area contributed by atoms with E-state index in [4.69, 9.17) is 4.42 Å². The number of hydrogen-bond donors (Lipinski definition) is 1. The fourth-order valence-corrected chi connectivity index (χ4v) is 2.70. The van der Waals surface area contributed by atoms with Gasteiger partial charge in [0.05, 0.1) is 12.3 Å². The molecule has 2 nitrogen and oxygen atoms in total. The third-order valence-corrected chi connectivity index (χ3v) is 4.05. The molecule has 18 heavy (non-hydrogen) atoms. The molecule has 0 aliphatic heterocycles. The van der Waals surface area contributed by atoms with Crippen LogP contribution in [0.2, 0.25) is 0 Å². The van der Waals surface area contributed by atoms with Crippen LogP contribution >= 0.6 is 11.8 Å². The Labute approximate surface area is 113 Å². The Balaban J connectivity index is 1.72. The summed E-state index contributed by atoms with van der Waals surface area (Å²) in [5, 5.41) is 3.46. The van der Waals surface area contributed by atoms with Gasteiger partial charge in [-0.15, -0.1) is 11.8 Å². The van der Waals surface area contributed by atoms with Gasteiger partial charge >= 0.3 is 0 Å². The van der Waals surface area contributed by atoms with E-state index in [1.807, 2.05) is 23.9 Å². The molecule has 1 atom stereocenters. The van der Waals surface area contributed by atoms with E-state index in [0.717, 1.165) is 18.1 Å². The minimum absolute atomic E-state index is 0.275. The summed E-state index contributed by atoms with van der Waals surface area (Å²) in [7, 11) is 0. The molecule has 0 aliphatic rings. The van der Waals surface area contributed by atoms with Crippen LogP contribution in [0.4, 0.5) is 0 Å². The normalized spacial score (nSPS) is 12.6. The van der Waals surface area contributed by atoms with E-state index < -0.39 is 0 Å². The third kappa shape index (κ3) is 3.65. The summed E-state index contributed by atoms with van der Waals surface area (Å²) in [6.07, 6.45) is 1.72. The van der Waals surface area contributed by atoms with Gasteiger partial charge in [0, 0.05) is 17.2 Å². The minimum Gasteiger partial charge on any atom is -0.468 e. The maximum Gasteiger partial charge on any atom is 0.120 e. The smallest absolute Gasteiger partial charge is 0.120 e. The second kappa shape index (κ2) is 6.66. The van der Waals surface area contributed by atoms with Crippen LogP contribution in [0.1, 0.15) is 24.3 Å². The van der Waals surface area contributed by atoms with Gasteiger partial charge in [-0.25, -0.2) is 0 Å². The molecule has 1 unspecified atom stereocenters. The Morgan fingerprint density at radius 1 is 1.22 bits per heavy atom. The molecule has 1 heterocycles. The van der Waals surface area contributed by atoms with E-state index in [-0.39, 0.29) is 6.04 Å². The van der Waals surface area contributed by atoms with Crippen LogP contribution in [0, 0.1) is 6.92 Å². The van der Waals surface area contributed by atoms with Crippen molar-refractivity contribution in [1.82, 2.24) is 5.32 Å². The zero-order valence-electron chi connectivity index (χ0n) is 10.8. The maximum atomic E-state index is 5.36. The molecule has 1 aromatic carbocycles. The number of furan rings is 1. The van der Waals surface area contributed by atoms with Crippen LogP contribution in [0.25, 0.3) is 0 Å². The van der Waals surface area contributed by atoms with Crippen LogP contribution in [0.3, 0.4) is 0 Å². The molecule has 3 heteroatoms. The standard InChI is InChI=1S/C15H19NOS/c1-12-6-3-4-8-15(12)18-11-9-16-13(2)14-7-5-10-17-14/h3-8,10,13,16H,9,11H2,1-2H3. The molecule has 0 radical (unpaired) electrons. The highest BCUT2D eigenvalue weighted by Crippen LogP contribution is 2.21. The fraction of sp³-hybridized carbons (Fsp3) is 0.333. The monoisotopic (exact) mass is 261 g/mol. The van der Waals surface area contributed by atoms with Crippen molar-refractivity contribution in [3.8, 4) is 0 Å². The van der Waals surface area contributed by atoms with Crippen molar-refractivity contribution in [3.05, 3.63) is 54.0 Å². The molecule has 0 saturated carbocycles. The lowest BCUT2D eigenvalue weighted by Gasteiger charge is -2.11.